The van der Waals surface area contributed by atoms with Crippen LogP contribution >= 0.6 is 11.3 Å². The van der Waals surface area contributed by atoms with Crippen LogP contribution in [0.1, 0.15) is 36.8 Å². The van der Waals surface area contributed by atoms with Crippen molar-refractivity contribution in [2.24, 2.45) is 0 Å². The van der Waals surface area contributed by atoms with E-state index in [1.807, 2.05) is 0 Å². The van der Waals surface area contributed by atoms with Crippen molar-refractivity contribution in [3.63, 3.8) is 0 Å². The molecule has 0 radical (unpaired) electrons. The normalized spacial score (nSPS) is 20.4. The summed E-state index contributed by atoms with van der Waals surface area (Å²) >= 11 is 1.79. The average Bonchev–Trinajstić information content (AvgIpc) is 3.08. The number of nitrogens with zero attached hydrogens (tertiary/aromatic N) is 1. The van der Waals surface area contributed by atoms with E-state index in [0.29, 0.717) is 30.7 Å². The van der Waals surface area contributed by atoms with Gasteiger partial charge in [-0.05, 0) is 68.0 Å². The highest BCUT2D eigenvalue weighted by Gasteiger charge is 2.29. The second-order valence-corrected chi connectivity index (χ2v) is 11.9. The van der Waals surface area contributed by atoms with Crippen molar-refractivity contribution in [3.05, 3.63) is 46.2 Å². The number of hydrogen-bond donors (Lipinski definition) is 2. The van der Waals surface area contributed by atoms with Gasteiger partial charge in [-0.1, -0.05) is 0 Å². The lowest BCUT2D eigenvalue weighted by Gasteiger charge is -2.38. The van der Waals surface area contributed by atoms with Crippen molar-refractivity contribution >= 4 is 37.1 Å². The molecule has 0 amide bonds. The average molecular weight is 458 g/mol. The van der Waals surface area contributed by atoms with Gasteiger partial charge in [0.2, 0.25) is 20.0 Å². The van der Waals surface area contributed by atoms with E-state index in [2.05, 4.69) is 39.6 Å². The van der Waals surface area contributed by atoms with E-state index in [4.69, 9.17) is 0 Å². The zero-order valence-corrected chi connectivity index (χ0v) is 19.2. The van der Waals surface area contributed by atoms with Crippen molar-refractivity contribution in [2.45, 2.75) is 43.7 Å². The van der Waals surface area contributed by atoms with Crippen LogP contribution in [-0.4, -0.2) is 47.1 Å². The van der Waals surface area contributed by atoms with E-state index < -0.39 is 20.0 Å². The number of nitrogens with one attached hydrogen (secondary N) is 2. The number of hydrogen-bond acceptors (Lipinski definition) is 6. The highest BCUT2D eigenvalue weighted by atomic mass is 32.2. The number of anilines is 1. The zero-order valence-electron chi connectivity index (χ0n) is 16.8. The Morgan fingerprint density at radius 3 is 2.45 bits per heavy atom. The van der Waals surface area contributed by atoms with Gasteiger partial charge in [-0.2, -0.15) is 0 Å². The maximum atomic E-state index is 12.5. The minimum Gasteiger partial charge on any atom is -0.293 e. The fraction of sp³-hybridized carbons (Fsp3) is 0.474. The number of sulfonamides is 2. The van der Waals surface area contributed by atoms with Crippen LogP contribution in [0, 0.1) is 0 Å². The monoisotopic (exact) mass is 457 g/mol. The topological polar surface area (TPSA) is 95.6 Å². The minimum absolute atomic E-state index is 0.111. The zero-order chi connectivity index (χ0) is 21.2. The molecule has 2 atom stereocenters. The molecule has 2 aromatic rings. The summed E-state index contributed by atoms with van der Waals surface area (Å²) in [5, 5.41) is 2.14. The Labute approximate surface area is 177 Å². The van der Waals surface area contributed by atoms with Gasteiger partial charge in [0.15, 0.2) is 0 Å². The van der Waals surface area contributed by atoms with Gasteiger partial charge in [0.1, 0.15) is 0 Å². The smallest absolute Gasteiger partial charge is 0.240 e. The van der Waals surface area contributed by atoms with Crippen LogP contribution in [-0.2, 0) is 26.5 Å². The van der Waals surface area contributed by atoms with E-state index in [-0.39, 0.29) is 4.90 Å². The Hall–Kier alpha value is -1.46. The minimum atomic E-state index is -3.63. The lowest BCUT2D eigenvalue weighted by atomic mass is 9.96. The van der Waals surface area contributed by atoms with E-state index in [9.17, 15) is 16.8 Å². The molecule has 29 heavy (non-hydrogen) atoms. The third kappa shape index (κ3) is 5.58. The number of benzene rings is 1. The van der Waals surface area contributed by atoms with E-state index >= 15 is 0 Å². The molecule has 7 nitrogen and oxygen atoms in total. The van der Waals surface area contributed by atoms with Crippen LogP contribution in [0.4, 0.5) is 5.69 Å². The van der Waals surface area contributed by atoms with Crippen molar-refractivity contribution in [1.29, 1.82) is 0 Å². The molecule has 1 aromatic carbocycles. The predicted molar refractivity (Wildman–Crippen MR) is 117 cm³/mol. The van der Waals surface area contributed by atoms with Crippen LogP contribution < -0.4 is 9.44 Å². The Kier molecular flexibility index (Phi) is 6.69. The first-order valence-corrected chi connectivity index (χ1v) is 13.7. The molecule has 2 heterocycles. The Bertz CT molecular complexity index is 1050. The first-order valence-electron chi connectivity index (χ1n) is 9.46. The molecule has 0 spiro atoms. The van der Waals surface area contributed by atoms with Crippen molar-refractivity contribution in [1.82, 2.24) is 9.62 Å². The molecule has 0 saturated heterocycles. The molecule has 10 heteroatoms. The summed E-state index contributed by atoms with van der Waals surface area (Å²) < 4.78 is 52.4. The maximum Gasteiger partial charge on any atom is 0.240 e. The molecular weight excluding hydrogens is 430 g/mol. The van der Waals surface area contributed by atoms with E-state index in [1.165, 1.54) is 34.7 Å². The lowest BCUT2D eigenvalue weighted by molar-refractivity contribution is 0.140. The Morgan fingerprint density at radius 2 is 1.79 bits per heavy atom. The molecule has 2 N–H and O–H groups in total. The predicted octanol–water partition coefficient (Wildman–Crippen LogP) is 2.80. The van der Waals surface area contributed by atoms with Crippen molar-refractivity contribution in [2.75, 3.05) is 24.1 Å². The second kappa shape index (κ2) is 8.73. The summed E-state index contributed by atoms with van der Waals surface area (Å²) in [5.41, 5.74) is 1.76. The van der Waals surface area contributed by atoms with Crippen molar-refractivity contribution in [3.8, 4) is 0 Å². The molecule has 0 bridgehead atoms. The lowest BCUT2D eigenvalue weighted by Crippen LogP contribution is -2.41. The van der Waals surface area contributed by atoms with Crippen LogP contribution in [0.2, 0.25) is 0 Å². The van der Waals surface area contributed by atoms with Crippen LogP contribution in [0.3, 0.4) is 0 Å². The summed E-state index contributed by atoms with van der Waals surface area (Å²) in [6.45, 7) is 5.59. The van der Waals surface area contributed by atoms with Crippen molar-refractivity contribution < 1.29 is 16.8 Å². The van der Waals surface area contributed by atoms with Crippen LogP contribution in [0.15, 0.2) is 40.6 Å². The van der Waals surface area contributed by atoms with Gasteiger partial charge in [-0.25, -0.2) is 21.6 Å². The molecule has 160 valence electrons. The quantitative estimate of drug-likeness (QED) is 0.595. The maximum absolute atomic E-state index is 12.5. The fourth-order valence-electron chi connectivity index (χ4n) is 3.73. The van der Waals surface area contributed by atoms with Gasteiger partial charge < -0.3 is 0 Å². The largest absolute Gasteiger partial charge is 0.293 e. The number of thiophene rings is 1. The molecule has 0 saturated carbocycles. The third-order valence-electron chi connectivity index (χ3n) is 5.09. The van der Waals surface area contributed by atoms with Crippen LogP contribution in [0.5, 0.6) is 0 Å². The number of fused-ring (bicyclic) bond motifs is 1. The Morgan fingerprint density at radius 1 is 1.10 bits per heavy atom. The molecular formula is C19H27N3O4S3. The van der Waals surface area contributed by atoms with Gasteiger partial charge in [-0.15, -0.1) is 11.3 Å². The standard InChI is InChI=1S/C19H27N3O4S3/c1-14-13-16-9-12-27-19(16)15(2)22(14)11-4-10-20-29(25,26)18-7-5-17(6-8-18)21-28(3,23)24/h5-9,12,14-15,20-21H,4,10-11,13H2,1-3H3. The highest BCUT2D eigenvalue weighted by Crippen LogP contribution is 2.36. The van der Waals surface area contributed by atoms with Crippen LogP contribution in [0.25, 0.3) is 0 Å². The number of rotatable bonds is 8. The first kappa shape index (κ1) is 22.2. The van der Waals surface area contributed by atoms with E-state index in [1.54, 1.807) is 11.3 Å². The second-order valence-electron chi connectivity index (χ2n) is 7.43. The van der Waals surface area contributed by atoms with Gasteiger partial charge in [0.05, 0.1) is 11.2 Å². The van der Waals surface area contributed by atoms with Gasteiger partial charge in [0, 0.05) is 35.7 Å². The summed E-state index contributed by atoms with van der Waals surface area (Å²) in [6, 6.07) is 8.64. The molecule has 1 aromatic heterocycles. The molecule has 2 unspecified atom stereocenters. The highest BCUT2D eigenvalue weighted by molar-refractivity contribution is 7.92. The fourth-order valence-corrected chi connectivity index (χ4v) is 6.38. The summed E-state index contributed by atoms with van der Waals surface area (Å²) in [6.07, 6.45) is 2.79. The summed E-state index contributed by atoms with van der Waals surface area (Å²) in [7, 11) is -7.03. The molecule has 3 rings (SSSR count). The molecule has 1 aliphatic rings. The third-order valence-corrected chi connectivity index (χ3v) is 8.30. The molecule has 1 aliphatic heterocycles. The van der Waals surface area contributed by atoms with Gasteiger partial charge in [-0.3, -0.25) is 9.62 Å². The van der Waals surface area contributed by atoms with E-state index in [0.717, 1.165) is 19.2 Å². The van der Waals surface area contributed by atoms with Gasteiger partial charge in [0.25, 0.3) is 0 Å². The first-order chi connectivity index (χ1) is 13.6. The van der Waals surface area contributed by atoms with Gasteiger partial charge >= 0.3 is 0 Å². The summed E-state index contributed by atoms with van der Waals surface area (Å²) in [5.74, 6) is 0. The molecule has 0 aliphatic carbocycles. The SMILES string of the molecule is CC1Cc2ccsc2C(C)N1CCCNS(=O)(=O)c1ccc(NS(C)(=O)=O)cc1. The Balaban J connectivity index is 1.53. The molecule has 0 fully saturated rings. The summed E-state index contributed by atoms with van der Waals surface area (Å²) in [4.78, 5) is 3.95.